The zero-order valence-corrected chi connectivity index (χ0v) is 9.85. The van der Waals surface area contributed by atoms with E-state index in [1.165, 1.54) is 0 Å². The van der Waals surface area contributed by atoms with E-state index in [9.17, 15) is 0 Å². The predicted octanol–water partition coefficient (Wildman–Crippen LogP) is 3.30. The summed E-state index contributed by atoms with van der Waals surface area (Å²) in [7, 11) is 0. The van der Waals surface area contributed by atoms with E-state index in [0.29, 0.717) is 0 Å². The summed E-state index contributed by atoms with van der Waals surface area (Å²) in [5.74, 6) is 7.07. The molecule has 0 bridgehead atoms. The molecule has 0 N–H and O–H groups in total. The summed E-state index contributed by atoms with van der Waals surface area (Å²) in [6, 6.07) is 9.80. The van der Waals surface area contributed by atoms with Gasteiger partial charge in [0.05, 0.1) is 0 Å². The molecule has 0 atom stereocenters. The van der Waals surface area contributed by atoms with Crippen LogP contribution in [0.5, 0.6) is 0 Å². The number of hydrogen-bond donors (Lipinski definition) is 0. The highest BCUT2D eigenvalue weighted by Gasteiger charge is 2.03. The van der Waals surface area contributed by atoms with Crippen LogP contribution < -0.4 is 0 Å². The van der Waals surface area contributed by atoms with E-state index in [1.807, 2.05) is 30.3 Å². The number of hydrogen-bond acceptors (Lipinski definition) is 2. The normalized spacial score (nSPS) is 9.47. The van der Waals surface area contributed by atoms with Crippen molar-refractivity contribution >= 4 is 0 Å². The van der Waals surface area contributed by atoms with Gasteiger partial charge in [0.1, 0.15) is 0 Å². The maximum atomic E-state index is 4.26. The molecule has 2 aromatic rings. The van der Waals surface area contributed by atoms with E-state index < -0.39 is 0 Å². The van der Waals surface area contributed by atoms with Gasteiger partial charge in [-0.25, -0.2) is 9.97 Å². The Morgan fingerprint density at radius 3 is 2.59 bits per heavy atom. The van der Waals surface area contributed by atoms with Crippen LogP contribution in [0.25, 0.3) is 11.4 Å². The van der Waals surface area contributed by atoms with Crippen molar-refractivity contribution in [1.82, 2.24) is 9.97 Å². The Bertz CT molecular complexity index is 536. The summed E-state index contributed by atoms with van der Waals surface area (Å²) in [4.78, 5) is 8.52. The molecule has 0 fully saturated rings. The molecule has 2 nitrogen and oxygen atoms in total. The molecule has 0 unspecified atom stereocenters. The number of aromatic nitrogens is 2. The summed E-state index contributed by atoms with van der Waals surface area (Å²) < 4.78 is 0. The maximum Gasteiger partial charge on any atom is 0.160 e. The van der Waals surface area contributed by atoms with Gasteiger partial charge in [0.2, 0.25) is 0 Å². The Kier molecular flexibility index (Phi) is 3.88. The van der Waals surface area contributed by atoms with Gasteiger partial charge in [-0.15, -0.1) is 0 Å². The molecule has 0 aliphatic rings. The minimum atomic E-state index is 0.730. The topological polar surface area (TPSA) is 25.8 Å². The average Bonchev–Trinajstić information content (AvgIpc) is 2.41. The lowest BCUT2D eigenvalue weighted by atomic mass is 10.1. The number of unbranched alkanes of at least 4 members (excludes halogenated alkanes) is 1. The second-order valence-electron chi connectivity index (χ2n) is 3.67. The molecule has 0 saturated heterocycles. The Morgan fingerprint density at radius 2 is 1.82 bits per heavy atom. The van der Waals surface area contributed by atoms with E-state index in [4.69, 9.17) is 0 Å². The van der Waals surface area contributed by atoms with E-state index in [2.05, 4.69) is 28.7 Å². The molecule has 0 saturated carbocycles. The monoisotopic (exact) mass is 222 g/mol. The number of benzene rings is 1. The van der Waals surface area contributed by atoms with Gasteiger partial charge in [0.15, 0.2) is 5.82 Å². The van der Waals surface area contributed by atoms with Crippen LogP contribution in [0, 0.1) is 11.8 Å². The van der Waals surface area contributed by atoms with Crippen molar-refractivity contribution in [2.24, 2.45) is 0 Å². The number of rotatable bonds is 2. The van der Waals surface area contributed by atoms with Crippen LogP contribution in [-0.4, -0.2) is 9.97 Å². The van der Waals surface area contributed by atoms with Crippen LogP contribution in [0.3, 0.4) is 0 Å². The lowest BCUT2D eigenvalue weighted by molar-refractivity contribution is 0.983. The van der Waals surface area contributed by atoms with Gasteiger partial charge < -0.3 is 0 Å². The SMILES string of the molecule is CCCC#Cc1ccccc1-c1ncccn1. The van der Waals surface area contributed by atoms with Crippen molar-refractivity contribution in [2.75, 3.05) is 0 Å². The van der Waals surface area contributed by atoms with Gasteiger partial charge in [-0.3, -0.25) is 0 Å². The maximum absolute atomic E-state index is 4.26. The largest absolute Gasteiger partial charge is 0.237 e. The summed E-state index contributed by atoms with van der Waals surface area (Å²) in [5, 5.41) is 0. The molecular weight excluding hydrogens is 208 g/mol. The van der Waals surface area contributed by atoms with Crippen LogP contribution in [0.1, 0.15) is 25.3 Å². The lowest BCUT2D eigenvalue weighted by Crippen LogP contribution is -1.90. The fourth-order valence-electron chi connectivity index (χ4n) is 1.51. The molecule has 0 aliphatic carbocycles. The highest BCUT2D eigenvalue weighted by atomic mass is 14.8. The lowest BCUT2D eigenvalue weighted by Gasteiger charge is -2.01. The first-order chi connectivity index (χ1) is 8.42. The van der Waals surface area contributed by atoms with Crippen molar-refractivity contribution in [3.05, 3.63) is 48.3 Å². The Labute approximate surface area is 102 Å². The van der Waals surface area contributed by atoms with Gasteiger partial charge in [-0.1, -0.05) is 30.9 Å². The molecule has 1 aromatic heterocycles. The standard InChI is InChI=1S/C15H14N2/c1-2-3-4-8-13-9-5-6-10-14(13)15-16-11-7-12-17-15/h5-7,9-12H,2-3H2,1H3. The third-order valence-corrected chi connectivity index (χ3v) is 2.33. The zero-order valence-electron chi connectivity index (χ0n) is 9.85. The van der Waals surface area contributed by atoms with Gasteiger partial charge >= 0.3 is 0 Å². The van der Waals surface area contributed by atoms with Crippen LogP contribution in [0.15, 0.2) is 42.7 Å². The molecule has 0 spiro atoms. The molecule has 17 heavy (non-hydrogen) atoms. The molecule has 2 rings (SSSR count). The van der Waals surface area contributed by atoms with Crippen molar-refractivity contribution < 1.29 is 0 Å². The average molecular weight is 222 g/mol. The Morgan fingerprint density at radius 1 is 1.06 bits per heavy atom. The first-order valence-corrected chi connectivity index (χ1v) is 5.77. The quantitative estimate of drug-likeness (QED) is 0.729. The second-order valence-corrected chi connectivity index (χ2v) is 3.67. The third kappa shape index (κ3) is 2.92. The van der Waals surface area contributed by atoms with Crippen LogP contribution in [-0.2, 0) is 0 Å². The molecule has 1 aromatic carbocycles. The molecule has 0 aliphatic heterocycles. The Hall–Kier alpha value is -2.14. The molecule has 0 radical (unpaired) electrons. The Balaban J connectivity index is 2.39. The van der Waals surface area contributed by atoms with Gasteiger partial charge in [0.25, 0.3) is 0 Å². The first-order valence-electron chi connectivity index (χ1n) is 5.77. The summed E-state index contributed by atoms with van der Waals surface area (Å²) in [6.07, 6.45) is 5.50. The third-order valence-electron chi connectivity index (χ3n) is 2.33. The smallest absolute Gasteiger partial charge is 0.160 e. The van der Waals surface area contributed by atoms with E-state index in [1.54, 1.807) is 12.4 Å². The minimum Gasteiger partial charge on any atom is -0.237 e. The van der Waals surface area contributed by atoms with Crippen LogP contribution in [0.2, 0.25) is 0 Å². The first kappa shape index (κ1) is 11.3. The van der Waals surface area contributed by atoms with E-state index in [-0.39, 0.29) is 0 Å². The fraction of sp³-hybridized carbons (Fsp3) is 0.200. The summed E-state index contributed by atoms with van der Waals surface area (Å²) >= 11 is 0. The summed E-state index contributed by atoms with van der Waals surface area (Å²) in [5.41, 5.74) is 1.99. The molecule has 84 valence electrons. The van der Waals surface area contributed by atoms with Gasteiger partial charge in [-0.05, 0) is 24.6 Å². The van der Waals surface area contributed by atoms with Crippen LogP contribution >= 0.6 is 0 Å². The highest BCUT2D eigenvalue weighted by molar-refractivity contribution is 5.65. The predicted molar refractivity (Wildman–Crippen MR) is 69.3 cm³/mol. The van der Waals surface area contributed by atoms with Crippen molar-refractivity contribution in [1.29, 1.82) is 0 Å². The molecule has 0 amide bonds. The van der Waals surface area contributed by atoms with Crippen molar-refractivity contribution in [2.45, 2.75) is 19.8 Å². The van der Waals surface area contributed by atoms with Crippen LogP contribution in [0.4, 0.5) is 0 Å². The van der Waals surface area contributed by atoms with Gasteiger partial charge in [0, 0.05) is 29.9 Å². The van der Waals surface area contributed by atoms with Crippen molar-refractivity contribution in [3.63, 3.8) is 0 Å². The summed E-state index contributed by atoms with van der Waals surface area (Å²) in [6.45, 7) is 2.13. The van der Waals surface area contributed by atoms with Crippen molar-refractivity contribution in [3.8, 4) is 23.2 Å². The van der Waals surface area contributed by atoms with E-state index >= 15 is 0 Å². The highest BCUT2D eigenvalue weighted by Crippen LogP contribution is 2.18. The second kappa shape index (κ2) is 5.81. The minimum absolute atomic E-state index is 0.730. The molecule has 1 heterocycles. The van der Waals surface area contributed by atoms with E-state index in [0.717, 1.165) is 29.8 Å². The molecular formula is C15H14N2. The van der Waals surface area contributed by atoms with Gasteiger partial charge in [-0.2, -0.15) is 0 Å². The molecule has 2 heteroatoms. The fourth-order valence-corrected chi connectivity index (χ4v) is 1.51. The number of nitrogens with zero attached hydrogens (tertiary/aromatic N) is 2. The zero-order chi connectivity index (χ0) is 11.9.